The van der Waals surface area contributed by atoms with E-state index < -0.39 is 24.3 Å². The Hall–Kier alpha value is -1.77. The van der Waals surface area contributed by atoms with Crippen molar-refractivity contribution in [3.05, 3.63) is 12.2 Å². The number of Topliss-reactive ketones (excluding diaryl/α,β-unsaturated/α-hetero) is 1. The molecule has 0 radical (unpaired) electrons. The first-order valence-corrected chi connectivity index (χ1v) is 17.7. The van der Waals surface area contributed by atoms with Crippen molar-refractivity contribution in [2.24, 2.45) is 17.8 Å². The van der Waals surface area contributed by atoms with E-state index in [0.717, 1.165) is 63.7 Å². The van der Waals surface area contributed by atoms with Gasteiger partial charge in [0.2, 0.25) is 0 Å². The summed E-state index contributed by atoms with van der Waals surface area (Å²) in [7, 11) is 0. The Morgan fingerprint density at radius 2 is 1.36 bits per heavy atom. The van der Waals surface area contributed by atoms with Crippen LogP contribution in [0.25, 0.3) is 0 Å². The zero-order valence-electron chi connectivity index (χ0n) is 28.1. The summed E-state index contributed by atoms with van der Waals surface area (Å²) in [6.07, 6.45) is 18.9. The summed E-state index contributed by atoms with van der Waals surface area (Å²) < 4.78 is 10.2. The summed E-state index contributed by atoms with van der Waals surface area (Å²) in [4.78, 5) is 36.4. The number of rotatable bonds is 27. The van der Waals surface area contributed by atoms with Crippen LogP contribution in [-0.4, -0.2) is 64.6 Å². The van der Waals surface area contributed by atoms with Gasteiger partial charge in [-0.2, -0.15) is 0 Å². The predicted octanol–water partition coefficient (Wildman–Crippen LogP) is 7.00. The molecule has 1 aliphatic rings. The Bertz CT molecular complexity index is 797. The number of ether oxygens (including phenoxy) is 2. The van der Waals surface area contributed by atoms with Gasteiger partial charge in [0.05, 0.1) is 12.2 Å². The monoisotopic (exact) mass is 624 g/mol. The molecule has 0 aromatic heterocycles. The third-order valence-corrected chi connectivity index (χ3v) is 8.94. The summed E-state index contributed by atoms with van der Waals surface area (Å²) in [6, 6.07) is 0. The van der Waals surface area contributed by atoms with Crippen molar-refractivity contribution < 1.29 is 39.2 Å². The van der Waals surface area contributed by atoms with Gasteiger partial charge in [-0.05, 0) is 31.6 Å². The number of carbonyl (C=O) groups excluding carboxylic acids is 3. The van der Waals surface area contributed by atoms with Crippen molar-refractivity contribution in [1.82, 2.24) is 0 Å². The van der Waals surface area contributed by atoms with E-state index >= 15 is 0 Å². The molecule has 0 bridgehead atoms. The average Bonchev–Trinajstić information content (AvgIpc) is 3.27. The molecule has 0 amide bonds. The summed E-state index contributed by atoms with van der Waals surface area (Å²) in [5, 5.41) is 30.5. The van der Waals surface area contributed by atoms with Gasteiger partial charge >= 0.3 is 11.9 Å². The van der Waals surface area contributed by atoms with Crippen molar-refractivity contribution in [2.75, 3.05) is 13.2 Å². The molecule has 3 N–H and O–H groups in total. The fourth-order valence-corrected chi connectivity index (χ4v) is 5.78. The zero-order valence-corrected chi connectivity index (χ0v) is 28.1. The number of hydrogen-bond donors (Lipinski definition) is 3. The molecule has 256 valence electrons. The van der Waals surface area contributed by atoms with Gasteiger partial charge in [0.15, 0.2) is 0 Å². The van der Waals surface area contributed by atoms with Crippen LogP contribution in [0.1, 0.15) is 149 Å². The minimum atomic E-state index is -1.04. The van der Waals surface area contributed by atoms with Crippen LogP contribution in [0.5, 0.6) is 0 Å². The van der Waals surface area contributed by atoms with Gasteiger partial charge < -0.3 is 24.8 Å². The number of aliphatic hydroxyl groups excluding tert-OH is 3. The maximum absolute atomic E-state index is 12.4. The van der Waals surface area contributed by atoms with E-state index in [4.69, 9.17) is 9.47 Å². The van der Waals surface area contributed by atoms with Gasteiger partial charge in [-0.1, -0.05) is 116 Å². The van der Waals surface area contributed by atoms with E-state index in [1.165, 1.54) is 32.1 Å². The van der Waals surface area contributed by atoms with E-state index in [0.29, 0.717) is 25.7 Å². The molecule has 1 fully saturated rings. The van der Waals surface area contributed by atoms with Gasteiger partial charge in [-0.15, -0.1) is 0 Å². The molecule has 1 rings (SSSR count). The molecular formula is C36H64O8. The summed E-state index contributed by atoms with van der Waals surface area (Å²) in [5.41, 5.74) is 0. The summed E-state index contributed by atoms with van der Waals surface area (Å²) in [5.74, 6) is -0.303. The van der Waals surface area contributed by atoms with Gasteiger partial charge in [-0.25, -0.2) is 0 Å². The van der Waals surface area contributed by atoms with Crippen LogP contribution in [0, 0.1) is 17.8 Å². The third-order valence-electron chi connectivity index (χ3n) is 8.94. The van der Waals surface area contributed by atoms with Crippen LogP contribution < -0.4 is 0 Å². The van der Waals surface area contributed by atoms with Crippen molar-refractivity contribution in [3.63, 3.8) is 0 Å². The molecule has 0 aliphatic heterocycles. The predicted molar refractivity (Wildman–Crippen MR) is 174 cm³/mol. The fraction of sp³-hybridized carbons (Fsp3) is 0.861. The molecule has 44 heavy (non-hydrogen) atoms. The second-order valence-electron chi connectivity index (χ2n) is 13.0. The zero-order chi connectivity index (χ0) is 32.6. The second-order valence-corrected chi connectivity index (χ2v) is 13.0. The number of aliphatic hydroxyl groups is 3. The summed E-state index contributed by atoms with van der Waals surface area (Å²) in [6.45, 7) is 6.27. The molecule has 6 atom stereocenters. The Morgan fingerprint density at radius 1 is 0.818 bits per heavy atom. The van der Waals surface area contributed by atoms with E-state index in [-0.39, 0.29) is 49.6 Å². The first kappa shape index (κ1) is 40.3. The lowest BCUT2D eigenvalue weighted by Crippen LogP contribution is -2.25. The Kier molecular flexibility index (Phi) is 23.3. The maximum atomic E-state index is 12.4. The quantitative estimate of drug-likeness (QED) is 0.0506. The molecule has 8 heteroatoms. The third kappa shape index (κ3) is 19.6. The molecule has 0 spiro atoms. The molecular weight excluding hydrogens is 560 g/mol. The lowest BCUT2D eigenvalue weighted by molar-refractivity contribution is -0.152. The van der Waals surface area contributed by atoms with Crippen LogP contribution in [0.3, 0.4) is 0 Å². The molecule has 0 aromatic carbocycles. The van der Waals surface area contributed by atoms with E-state index in [1.54, 1.807) is 6.08 Å². The topological polar surface area (TPSA) is 130 Å². The minimum Gasteiger partial charge on any atom is -0.463 e. The summed E-state index contributed by atoms with van der Waals surface area (Å²) >= 11 is 0. The van der Waals surface area contributed by atoms with Crippen LogP contribution in [-0.2, 0) is 23.9 Å². The first-order chi connectivity index (χ1) is 21.2. The number of ketones is 1. The number of hydrogen-bond acceptors (Lipinski definition) is 8. The normalized spacial score (nSPS) is 20.6. The van der Waals surface area contributed by atoms with E-state index in [2.05, 4.69) is 20.8 Å². The average molecular weight is 625 g/mol. The van der Waals surface area contributed by atoms with Gasteiger partial charge in [0.25, 0.3) is 0 Å². The molecule has 0 heterocycles. The molecule has 8 nitrogen and oxygen atoms in total. The van der Waals surface area contributed by atoms with E-state index in [1.807, 2.05) is 6.08 Å². The Morgan fingerprint density at radius 3 is 1.95 bits per heavy atom. The standard InChI is InChI=1S/C36H64O8/c1-4-6-13-19-29(37)23-24-32-31(33(39)25-34(32)40)20-15-11-12-17-22-36(42)44-27-30(38)26-43-35(41)21-16-10-8-7-9-14-18-28(3)5-2/h23-24,28-32,34,37-38,40H,4-22,25-27H2,1-3H3/b24-23+/t28?,29-,30+,31+,32+,34+/m0/s1. The maximum Gasteiger partial charge on any atom is 0.305 e. The van der Waals surface area contributed by atoms with Crippen LogP contribution in [0.2, 0.25) is 0 Å². The molecule has 1 unspecified atom stereocenters. The highest BCUT2D eigenvalue weighted by molar-refractivity contribution is 5.84. The van der Waals surface area contributed by atoms with Gasteiger partial charge in [-0.3, -0.25) is 14.4 Å². The molecule has 1 saturated carbocycles. The lowest BCUT2D eigenvalue weighted by Gasteiger charge is -2.18. The van der Waals surface area contributed by atoms with Crippen LogP contribution >= 0.6 is 0 Å². The SMILES string of the molecule is CCCCC[C@H](O)/C=C/[C@H]1[C@H](O)CC(=O)[C@@H]1CCCCCCC(=O)OC[C@H](O)COC(=O)CCCCCCCCC(C)CC. The van der Waals surface area contributed by atoms with Crippen LogP contribution in [0.15, 0.2) is 12.2 Å². The van der Waals surface area contributed by atoms with E-state index in [9.17, 15) is 29.7 Å². The number of carbonyl (C=O) groups is 3. The fourth-order valence-electron chi connectivity index (χ4n) is 5.78. The molecule has 0 saturated heterocycles. The second kappa shape index (κ2) is 25.4. The number of unbranched alkanes of at least 4 members (excludes halogenated alkanes) is 10. The van der Waals surface area contributed by atoms with Crippen molar-refractivity contribution >= 4 is 17.7 Å². The van der Waals surface area contributed by atoms with Crippen molar-refractivity contribution in [1.29, 1.82) is 0 Å². The smallest absolute Gasteiger partial charge is 0.305 e. The molecule has 1 aliphatic carbocycles. The van der Waals surface area contributed by atoms with Crippen LogP contribution in [0.4, 0.5) is 0 Å². The minimum absolute atomic E-state index is 0.0821. The first-order valence-electron chi connectivity index (χ1n) is 17.7. The largest absolute Gasteiger partial charge is 0.463 e. The highest BCUT2D eigenvalue weighted by Gasteiger charge is 2.39. The Labute approximate surface area is 267 Å². The molecule has 0 aromatic rings. The Balaban J connectivity index is 2.08. The van der Waals surface area contributed by atoms with Gasteiger partial charge in [0, 0.05) is 31.1 Å². The van der Waals surface area contributed by atoms with Gasteiger partial charge in [0.1, 0.15) is 25.1 Å². The lowest BCUT2D eigenvalue weighted by atomic mass is 9.88. The number of esters is 2. The van der Waals surface area contributed by atoms with Crippen molar-refractivity contribution in [2.45, 2.75) is 167 Å². The highest BCUT2D eigenvalue weighted by atomic mass is 16.6. The van der Waals surface area contributed by atoms with Crippen molar-refractivity contribution in [3.8, 4) is 0 Å². The highest BCUT2D eigenvalue weighted by Crippen LogP contribution is 2.34.